The maximum Gasteiger partial charge on any atom is 0.171 e. The number of nitrogens with zero attached hydrogens (tertiary/aromatic N) is 2. The van der Waals surface area contributed by atoms with Crippen LogP contribution in [0, 0.1) is 0 Å². The summed E-state index contributed by atoms with van der Waals surface area (Å²) < 4.78 is 1.82. The van der Waals surface area contributed by atoms with Crippen LogP contribution in [0.4, 0.5) is 5.69 Å². The molecular formula is C17H20Cl2N4S. The van der Waals surface area contributed by atoms with E-state index < -0.39 is 0 Å². The minimum Gasteiger partial charge on any atom is -0.360 e. The van der Waals surface area contributed by atoms with Gasteiger partial charge in [-0.05, 0) is 42.8 Å². The van der Waals surface area contributed by atoms with E-state index in [1.54, 1.807) is 12.3 Å². The minimum atomic E-state index is 0.488. The number of anilines is 1. The van der Waals surface area contributed by atoms with E-state index in [1.165, 1.54) is 32.1 Å². The predicted molar refractivity (Wildman–Crippen MR) is 104 cm³/mol. The van der Waals surface area contributed by atoms with Crippen LogP contribution in [0.5, 0.6) is 0 Å². The lowest BCUT2D eigenvalue weighted by atomic mass is 9.96. The third-order valence-corrected chi connectivity index (χ3v) is 4.99. The van der Waals surface area contributed by atoms with Gasteiger partial charge in [-0.1, -0.05) is 48.5 Å². The SMILES string of the molecule is S=C(Nc1cnn(Cc2ccc(Cl)cc2Cl)c1)NC1CCCCC1. The zero-order chi connectivity index (χ0) is 16.9. The van der Waals surface area contributed by atoms with Crippen LogP contribution in [0.15, 0.2) is 30.6 Å². The van der Waals surface area contributed by atoms with Gasteiger partial charge in [0.1, 0.15) is 0 Å². The third kappa shape index (κ3) is 4.85. The second-order valence-corrected chi connectivity index (χ2v) is 7.35. The van der Waals surface area contributed by atoms with Gasteiger partial charge in [0.15, 0.2) is 5.11 Å². The van der Waals surface area contributed by atoms with Gasteiger partial charge in [-0.25, -0.2) is 0 Å². The highest BCUT2D eigenvalue weighted by Crippen LogP contribution is 2.22. The van der Waals surface area contributed by atoms with Crippen molar-refractivity contribution in [3.63, 3.8) is 0 Å². The van der Waals surface area contributed by atoms with Gasteiger partial charge in [-0.3, -0.25) is 4.68 Å². The number of hydrogen-bond acceptors (Lipinski definition) is 2. The summed E-state index contributed by atoms with van der Waals surface area (Å²) in [5.74, 6) is 0. The monoisotopic (exact) mass is 382 g/mol. The van der Waals surface area contributed by atoms with Gasteiger partial charge in [0, 0.05) is 22.3 Å². The van der Waals surface area contributed by atoms with E-state index in [-0.39, 0.29) is 0 Å². The average molecular weight is 383 g/mol. The molecule has 0 radical (unpaired) electrons. The largest absolute Gasteiger partial charge is 0.360 e. The Labute approximate surface area is 157 Å². The molecule has 2 aromatic rings. The Hall–Kier alpha value is -1.30. The lowest BCUT2D eigenvalue weighted by Gasteiger charge is -2.24. The van der Waals surface area contributed by atoms with Crippen molar-refractivity contribution < 1.29 is 0 Å². The highest BCUT2D eigenvalue weighted by molar-refractivity contribution is 7.80. The van der Waals surface area contributed by atoms with Crippen molar-refractivity contribution in [2.75, 3.05) is 5.32 Å². The van der Waals surface area contributed by atoms with Crippen LogP contribution in [0.1, 0.15) is 37.7 Å². The quantitative estimate of drug-likeness (QED) is 0.740. The first kappa shape index (κ1) is 17.5. The van der Waals surface area contributed by atoms with Gasteiger partial charge in [0.25, 0.3) is 0 Å². The van der Waals surface area contributed by atoms with E-state index in [1.807, 2.05) is 23.0 Å². The molecule has 1 aromatic carbocycles. The van der Waals surface area contributed by atoms with Gasteiger partial charge in [-0.15, -0.1) is 0 Å². The molecule has 1 aliphatic rings. The van der Waals surface area contributed by atoms with E-state index in [0.29, 0.717) is 27.7 Å². The zero-order valence-corrected chi connectivity index (χ0v) is 15.6. The molecule has 0 unspecified atom stereocenters. The molecule has 0 atom stereocenters. The van der Waals surface area contributed by atoms with Crippen molar-refractivity contribution in [3.05, 3.63) is 46.2 Å². The summed E-state index contributed by atoms with van der Waals surface area (Å²) in [5, 5.41) is 12.9. The van der Waals surface area contributed by atoms with Crippen LogP contribution in [-0.4, -0.2) is 20.9 Å². The summed E-state index contributed by atoms with van der Waals surface area (Å²) >= 11 is 17.5. The van der Waals surface area contributed by atoms with Crippen molar-refractivity contribution in [1.82, 2.24) is 15.1 Å². The minimum absolute atomic E-state index is 0.488. The number of aromatic nitrogens is 2. The Kier molecular flexibility index (Phi) is 5.98. The van der Waals surface area contributed by atoms with Gasteiger partial charge >= 0.3 is 0 Å². The van der Waals surface area contributed by atoms with Crippen LogP contribution >= 0.6 is 35.4 Å². The first-order chi connectivity index (χ1) is 11.6. The molecule has 1 aromatic heterocycles. The van der Waals surface area contributed by atoms with Crippen molar-refractivity contribution in [2.24, 2.45) is 0 Å². The molecule has 0 spiro atoms. The second-order valence-electron chi connectivity index (χ2n) is 6.10. The molecule has 3 rings (SSSR count). The molecule has 1 aliphatic carbocycles. The molecule has 2 N–H and O–H groups in total. The average Bonchev–Trinajstić information content (AvgIpc) is 2.98. The maximum atomic E-state index is 6.21. The van der Waals surface area contributed by atoms with Gasteiger partial charge < -0.3 is 10.6 Å². The normalized spacial score (nSPS) is 15.2. The number of rotatable bonds is 4. The number of thiocarbonyl (C=S) groups is 1. The van der Waals surface area contributed by atoms with E-state index in [4.69, 9.17) is 35.4 Å². The number of halogens is 2. The van der Waals surface area contributed by atoms with Crippen LogP contribution < -0.4 is 10.6 Å². The molecule has 0 aliphatic heterocycles. The smallest absolute Gasteiger partial charge is 0.171 e. The number of benzene rings is 1. The standard InChI is InChI=1S/C17H20Cl2N4S/c18-13-7-6-12(16(19)8-13)10-23-11-15(9-20-23)22-17(24)21-14-4-2-1-3-5-14/h6-9,11,14H,1-5,10H2,(H2,21,22,24). The fourth-order valence-corrected chi connectivity index (χ4v) is 3.69. The molecule has 1 heterocycles. The third-order valence-electron chi connectivity index (χ3n) is 4.18. The Bertz CT molecular complexity index is 710. The van der Waals surface area contributed by atoms with E-state index in [0.717, 1.165) is 11.3 Å². The molecule has 128 valence electrons. The van der Waals surface area contributed by atoms with Crippen LogP contribution in [0.2, 0.25) is 10.0 Å². The zero-order valence-electron chi connectivity index (χ0n) is 13.3. The Morgan fingerprint density at radius 3 is 2.79 bits per heavy atom. The maximum absolute atomic E-state index is 6.21. The van der Waals surface area contributed by atoms with Crippen molar-refractivity contribution in [3.8, 4) is 0 Å². The fraction of sp³-hybridized carbons (Fsp3) is 0.412. The number of hydrogen-bond donors (Lipinski definition) is 2. The highest BCUT2D eigenvalue weighted by Gasteiger charge is 2.14. The van der Waals surface area contributed by atoms with Gasteiger partial charge in [0.05, 0.1) is 18.4 Å². The summed E-state index contributed by atoms with van der Waals surface area (Å²) in [6.45, 7) is 0.584. The molecule has 7 heteroatoms. The molecule has 4 nitrogen and oxygen atoms in total. The van der Waals surface area contributed by atoms with Gasteiger partial charge in [-0.2, -0.15) is 5.10 Å². The van der Waals surface area contributed by atoms with E-state index in [2.05, 4.69) is 15.7 Å². The van der Waals surface area contributed by atoms with Crippen LogP contribution in [0.3, 0.4) is 0 Å². The summed E-state index contributed by atoms with van der Waals surface area (Å²) in [6.07, 6.45) is 9.95. The lowest BCUT2D eigenvalue weighted by Crippen LogP contribution is -2.38. The molecule has 24 heavy (non-hydrogen) atoms. The van der Waals surface area contributed by atoms with Crippen LogP contribution in [-0.2, 0) is 6.54 Å². The molecule has 0 amide bonds. The predicted octanol–water partition coefficient (Wildman–Crippen LogP) is 4.86. The first-order valence-electron chi connectivity index (χ1n) is 8.14. The van der Waals surface area contributed by atoms with E-state index >= 15 is 0 Å². The Morgan fingerprint density at radius 2 is 2.04 bits per heavy atom. The van der Waals surface area contributed by atoms with Crippen molar-refractivity contribution in [2.45, 2.75) is 44.7 Å². The Balaban J connectivity index is 1.55. The van der Waals surface area contributed by atoms with Crippen molar-refractivity contribution in [1.29, 1.82) is 0 Å². The highest BCUT2D eigenvalue weighted by atomic mass is 35.5. The molecule has 1 fully saturated rings. The second kappa shape index (κ2) is 8.19. The van der Waals surface area contributed by atoms with Crippen molar-refractivity contribution >= 4 is 46.2 Å². The molecule has 1 saturated carbocycles. The van der Waals surface area contributed by atoms with E-state index in [9.17, 15) is 0 Å². The summed E-state index contributed by atoms with van der Waals surface area (Å²) in [5.41, 5.74) is 1.84. The summed E-state index contributed by atoms with van der Waals surface area (Å²) in [4.78, 5) is 0. The number of nitrogens with one attached hydrogen (secondary N) is 2. The topological polar surface area (TPSA) is 41.9 Å². The fourth-order valence-electron chi connectivity index (χ4n) is 2.94. The summed E-state index contributed by atoms with van der Waals surface area (Å²) in [6, 6.07) is 5.97. The molecule has 0 bridgehead atoms. The lowest BCUT2D eigenvalue weighted by molar-refractivity contribution is 0.415. The molecular weight excluding hydrogens is 363 g/mol. The Morgan fingerprint density at radius 1 is 1.25 bits per heavy atom. The molecule has 0 saturated heterocycles. The van der Waals surface area contributed by atoms with Gasteiger partial charge in [0.2, 0.25) is 0 Å². The first-order valence-corrected chi connectivity index (χ1v) is 9.30. The summed E-state index contributed by atoms with van der Waals surface area (Å²) in [7, 11) is 0. The van der Waals surface area contributed by atoms with Crippen LogP contribution in [0.25, 0.3) is 0 Å².